The third-order valence-corrected chi connectivity index (χ3v) is 6.03. The molecule has 1 saturated heterocycles. The van der Waals surface area contributed by atoms with Gasteiger partial charge in [-0.2, -0.15) is 4.31 Å². The summed E-state index contributed by atoms with van der Waals surface area (Å²) in [6.07, 6.45) is -0.551. The van der Waals surface area contributed by atoms with Crippen molar-refractivity contribution in [3.05, 3.63) is 53.2 Å². The normalized spacial score (nSPS) is 22.6. The number of β-amino-alcohol motifs (C(OH)–C–C–N with tert-alkyl or cyclic N) is 1. The van der Waals surface area contributed by atoms with Gasteiger partial charge in [-0.05, 0) is 44.0 Å². The second-order valence-electron chi connectivity index (χ2n) is 5.81. The number of furan rings is 1. The molecule has 0 radical (unpaired) electrons. The van der Waals surface area contributed by atoms with Gasteiger partial charge < -0.3 is 9.52 Å². The molecule has 0 bridgehead atoms. The second-order valence-corrected chi connectivity index (χ2v) is 7.67. The highest BCUT2D eigenvalue weighted by molar-refractivity contribution is 7.89. The first-order valence-electron chi connectivity index (χ1n) is 7.31. The van der Waals surface area contributed by atoms with Crippen LogP contribution in [0.15, 0.2) is 39.6 Å². The Balaban J connectivity index is 2.04. The third-order valence-electron chi connectivity index (χ3n) is 4.05. The Kier molecular flexibility index (Phi) is 4.03. The van der Waals surface area contributed by atoms with Crippen LogP contribution < -0.4 is 0 Å². The molecule has 2 aromatic rings. The lowest BCUT2D eigenvalue weighted by atomic mass is 10.0. The maximum atomic E-state index is 13.5. The van der Waals surface area contributed by atoms with E-state index in [9.17, 15) is 17.9 Å². The summed E-state index contributed by atoms with van der Waals surface area (Å²) in [5.74, 6) is 0.376. The number of rotatable bonds is 3. The topological polar surface area (TPSA) is 70.8 Å². The SMILES string of the molecule is Cc1cc(S(=O)(=O)N2CC(O)CC2c2cccc(F)c2)c(C)o1. The molecular formula is C16H18FNO4S. The van der Waals surface area contributed by atoms with Gasteiger partial charge in [-0.1, -0.05) is 12.1 Å². The first kappa shape index (κ1) is 16.2. The second kappa shape index (κ2) is 5.74. The molecule has 1 aliphatic rings. The van der Waals surface area contributed by atoms with Gasteiger partial charge in [0.1, 0.15) is 22.2 Å². The van der Waals surface area contributed by atoms with Crippen LogP contribution in [-0.4, -0.2) is 30.5 Å². The summed E-state index contributed by atoms with van der Waals surface area (Å²) in [6, 6.07) is 6.68. The van der Waals surface area contributed by atoms with Gasteiger partial charge in [-0.15, -0.1) is 0 Å². The molecule has 0 spiro atoms. The van der Waals surface area contributed by atoms with Crippen LogP contribution in [0.5, 0.6) is 0 Å². The zero-order chi connectivity index (χ0) is 16.8. The summed E-state index contributed by atoms with van der Waals surface area (Å²) in [5, 5.41) is 9.96. The standard InChI is InChI=1S/C16H18FNO4S/c1-10-6-16(11(2)22-10)23(20,21)18-9-14(19)8-15(18)12-4-3-5-13(17)7-12/h3-7,14-15,19H,8-9H2,1-2H3. The van der Waals surface area contributed by atoms with Gasteiger partial charge in [0.2, 0.25) is 10.0 Å². The quantitative estimate of drug-likeness (QED) is 0.933. The number of aliphatic hydroxyl groups is 1. The van der Waals surface area contributed by atoms with Gasteiger partial charge in [0.15, 0.2) is 0 Å². The number of aliphatic hydroxyl groups excluding tert-OH is 1. The average molecular weight is 339 g/mol. The van der Waals surface area contributed by atoms with E-state index in [0.717, 1.165) is 0 Å². The number of halogens is 1. The predicted molar refractivity (Wildman–Crippen MR) is 81.8 cm³/mol. The highest BCUT2D eigenvalue weighted by Gasteiger charge is 2.41. The minimum absolute atomic E-state index is 0.0207. The van der Waals surface area contributed by atoms with Crippen molar-refractivity contribution in [3.63, 3.8) is 0 Å². The molecule has 2 heterocycles. The summed E-state index contributed by atoms with van der Waals surface area (Å²) >= 11 is 0. The molecule has 0 saturated carbocycles. The summed E-state index contributed by atoms with van der Waals surface area (Å²) in [4.78, 5) is 0.0884. The van der Waals surface area contributed by atoms with Crippen LogP contribution in [-0.2, 0) is 10.0 Å². The number of nitrogens with zero attached hydrogens (tertiary/aromatic N) is 1. The van der Waals surface area contributed by atoms with Crippen molar-refractivity contribution >= 4 is 10.0 Å². The van der Waals surface area contributed by atoms with Crippen molar-refractivity contribution < 1.29 is 22.3 Å². The van der Waals surface area contributed by atoms with Crippen molar-refractivity contribution in [2.24, 2.45) is 0 Å². The molecule has 1 fully saturated rings. The first-order valence-corrected chi connectivity index (χ1v) is 8.75. The van der Waals surface area contributed by atoms with Crippen LogP contribution in [0.1, 0.15) is 29.5 Å². The Morgan fingerprint density at radius 2 is 2.04 bits per heavy atom. The smallest absolute Gasteiger partial charge is 0.247 e. The van der Waals surface area contributed by atoms with Crippen LogP contribution in [0.3, 0.4) is 0 Å². The van der Waals surface area contributed by atoms with E-state index >= 15 is 0 Å². The monoisotopic (exact) mass is 339 g/mol. The lowest BCUT2D eigenvalue weighted by Crippen LogP contribution is -2.32. The summed E-state index contributed by atoms with van der Waals surface area (Å²) < 4.78 is 45.9. The molecule has 1 N–H and O–H groups in total. The highest BCUT2D eigenvalue weighted by Crippen LogP contribution is 2.38. The van der Waals surface area contributed by atoms with Crippen LogP contribution in [0.25, 0.3) is 0 Å². The zero-order valence-electron chi connectivity index (χ0n) is 12.9. The Labute approximate surface area is 134 Å². The highest BCUT2D eigenvalue weighted by atomic mass is 32.2. The molecule has 0 aliphatic carbocycles. The minimum atomic E-state index is -3.83. The van der Waals surface area contributed by atoms with Gasteiger partial charge in [0.05, 0.1) is 12.1 Å². The van der Waals surface area contributed by atoms with Gasteiger partial charge in [-0.25, -0.2) is 12.8 Å². The van der Waals surface area contributed by atoms with Gasteiger partial charge in [-0.3, -0.25) is 0 Å². The van der Waals surface area contributed by atoms with E-state index in [4.69, 9.17) is 4.42 Å². The van der Waals surface area contributed by atoms with Gasteiger partial charge in [0, 0.05) is 6.54 Å². The summed E-state index contributed by atoms with van der Waals surface area (Å²) in [5.41, 5.74) is 0.531. The maximum Gasteiger partial charge on any atom is 0.247 e. The fourth-order valence-electron chi connectivity index (χ4n) is 3.06. The summed E-state index contributed by atoms with van der Waals surface area (Å²) in [7, 11) is -3.83. The molecule has 1 aromatic carbocycles. The Hall–Kier alpha value is -1.70. The van der Waals surface area contributed by atoms with Crippen LogP contribution >= 0.6 is 0 Å². The van der Waals surface area contributed by atoms with E-state index < -0.39 is 28.0 Å². The average Bonchev–Trinajstić information content (AvgIpc) is 3.02. The third kappa shape index (κ3) is 2.91. The van der Waals surface area contributed by atoms with Crippen LogP contribution in [0.4, 0.5) is 4.39 Å². The lowest BCUT2D eigenvalue weighted by molar-refractivity contribution is 0.188. The van der Waals surface area contributed by atoms with Gasteiger partial charge in [0.25, 0.3) is 0 Å². The fourth-order valence-corrected chi connectivity index (χ4v) is 4.94. The Morgan fingerprint density at radius 3 is 2.65 bits per heavy atom. The molecule has 2 unspecified atom stereocenters. The lowest BCUT2D eigenvalue weighted by Gasteiger charge is -2.23. The van der Waals surface area contributed by atoms with E-state index in [1.165, 1.54) is 28.6 Å². The fraction of sp³-hybridized carbons (Fsp3) is 0.375. The molecule has 0 amide bonds. The largest absolute Gasteiger partial charge is 0.465 e. The van der Waals surface area contributed by atoms with Crippen molar-refractivity contribution in [3.8, 4) is 0 Å². The number of benzene rings is 1. The van der Waals surface area contributed by atoms with Crippen molar-refractivity contribution in [2.75, 3.05) is 6.54 Å². The maximum absolute atomic E-state index is 13.5. The van der Waals surface area contributed by atoms with Crippen molar-refractivity contribution in [1.29, 1.82) is 0 Å². The van der Waals surface area contributed by atoms with Crippen LogP contribution in [0.2, 0.25) is 0 Å². The van der Waals surface area contributed by atoms with Crippen molar-refractivity contribution in [1.82, 2.24) is 4.31 Å². The molecule has 1 aromatic heterocycles. The molecular weight excluding hydrogens is 321 g/mol. The van der Waals surface area contributed by atoms with E-state index in [-0.39, 0.29) is 17.9 Å². The molecule has 23 heavy (non-hydrogen) atoms. The Morgan fingerprint density at radius 1 is 1.30 bits per heavy atom. The Bertz CT molecular complexity index is 830. The van der Waals surface area contributed by atoms with Gasteiger partial charge >= 0.3 is 0 Å². The number of sulfonamides is 1. The molecule has 3 rings (SSSR count). The van der Waals surface area contributed by atoms with E-state index in [2.05, 4.69) is 0 Å². The molecule has 1 aliphatic heterocycles. The molecule has 7 heteroatoms. The number of aryl methyl sites for hydroxylation is 2. The zero-order valence-corrected chi connectivity index (χ0v) is 13.7. The van der Waals surface area contributed by atoms with E-state index in [1.807, 2.05) is 0 Å². The van der Waals surface area contributed by atoms with E-state index in [0.29, 0.717) is 17.1 Å². The predicted octanol–water partition coefficient (Wildman–Crippen LogP) is 2.53. The minimum Gasteiger partial charge on any atom is -0.465 e. The van der Waals surface area contributed by atoms with Crippen LogP contribution in [0, 0.1) is 19.7 Å². The van der Waals surface area contributed by atoms with Crippen molar-refractivity contribution in [2.45, 2.75) is 37.3 Å². The number of hydrogen-bond acceptors (Lipinski definition) is 4. The molecule has 124 valence electrons. The molecule has 5 nitrogen and oxygen atoms in total. The summed E-state index contributed by atoms with van der Waals surface area (Å²) in [6.45, 7) is 3.24. The van der Waals surface area contributed by atoms with E-state index in [1.54, 1.807) is 19.9 Å². The number of hydrogen-bond donors (Lipinski definition) is 1. The molecule has 2 atom stereocenters. The first-order chi connectivity index (χ1) is 10.8.